The molecule has 2 aromatic carbocycles. The maximum absolute atomic E-state index is 11.8. The van der Waals surface area contributed by atoms with E-state index in [1.165, 1.54) is 13.3 Å². The highest BCUT2D eigenvalue weighted by Gasteiger charge is 2.06. The van der Waals surface area contributed by atoms with Crippen LogP contribution in [0.5, 0.6) is 11.5 Å². The van der Waals surface area contributed by atoms with Crippen LogP contribution in [0.3, 0.4) is 0 Å². The molecule has 0 aliphatic heterocycles. The largest absolute Gasteiger partial charge is 0.493 e. The Kier molecular flexibility index (Phi) is 6.12. The predicted octanol–water partition coefficient (Wildman–Crippen LogP) is 4.14. The maximum Gasteiger partial charge on any atom is 0.277 e. The molecule has 0 fully saturated rings. The summed E-state index contributed by atoms with van der Waals surface area (Å²) in [5.74, 6) is 1.82. The zero-order chi connectivity index (χ0) is 19.1. The minimum atomic E-state index is -0.401. The van der Waals surface area contributed by atoms with Crippen LogP contribution < -0.4 is 14.9 Å². The first-order chi connectivity index (χ1) is 13.2. The Morgan fingerprint density at radius 3 is 2.59 bits per heavy atom. The van der Waals surface area contributed by atoms with Crippen molar-refractivity contribution < 1.29 is 18.7 Å². The summed E-state index contributed by atoms with van der Waals surface area (Å²) in [5, 5.41) is 4.52. The molecule has 0 bridgehead atoms. The molecule has 0 saturated carbocycles. The van der Waals surface area contributed by atoms with Crippen LogP contribution in [0.2, 0.25) is 5.02 Å². The van der Waals surface area contributed by atoms with Gasteiger partial charge in [-0.2, -0.15) is 5.10 Å². The fourth-order valence-electron chi connectivity index (χ4n) is 2.27. The number of rotatable bonds is 7. The van der Waals surface area contributed by atoms with E-state index >= 15 is 0 Å². The molecule has 1 heterocycles. The molecule has 0 unspecified atom stereocenters. The highest BCUT2D eigenvalue weighted by atomic mass is 35.5. The molecule has 6 nitrogen and oxygen atoms in total. The molecular formula is C20H17ClN2O4. The van der Waals surface area contributed by atoms with Crippen molar-refractivity contribution in [2.24, 2.45) is 5.10 Å². The number of furan rings is 1. The van der Waals surface area contributed by atoms with Gasteiger partial charge in [0.05, 0.1) is 13.3 Å². The molecule has 3 rings (SSSR count). The van der Waals surface area contributed by atoms with Crippen LogP contribution >= 0.6 is 11.6 Å². The highest BCUT2D eigenvalue weighted by Crippen LogP contribution is 2.25. The summed E-state index contributed by atoms with van der Waals surface area (Å²) in [7, 11) is 1.54. The third-order valence-corrected chi connectivity index (χ3v) is 3.82. The number of carbonyl (C=O) groups is 1. The lowest BCUT2D eigenvalue weighted by molar-refractivity contribution is -0.123. The van der Waals surface area contributed by atoms with Crippen molar-refractivity contribution in [2.75, 3.05) is 13.7 Å². The van der Waals surface area contributed by atoms with Gasteiger partial charge in [-0.25, -0.2) is 5.43 Å². The Bertz CT molecular complexity index is 935. The zero-order valence-electron chi connectivity index (χ0n) is 14.5. The number of hydrazone groups is 1. The summed E-state index contributed by atoms with van der Waals surface area (Å²) >= 11 is 5.88. The number of methoxy groups -OCH3 is 1. The standard InChI is InChI=1S/C20H17ClN2O4/c1-25-18-4-2-3-5-19(18)26-13-20(24)23-22-12-16-10-11-17(27-16)14-6-8-15(21)9-7-14/h2-12H,13H2,1H3,(H,23,24). The van der Waals surface area contributed by atoms with Gasteiger partial charge in [0.15, 0.2) is 18.1 Å². The molecule has 0 radical (unpaired) electrons. The second-order valence-electron chi connectivity index (χ2n) is 5.44. The van der Waals surface area contributed by atoms with Gasteiger partial charge in [0.1, 0.15) is 11.5 Å². The first kappa shape index (κ1) is 18.5. The number of para-hydroxylation sites is 2. The fraction of sp³-hybridized carbons (Fsp3) is 0.100. The van der Waals surface area contributed by atoms with E-state index in [9.17, 15) is 4.79 Å². The van der Waals surface area contributed by atoms with E-state index in [0.717, 1.165) is 5.56 Å². The normalized spacial score (nSPS) is 10.7. The Morgan fingerprint density at radius 2 is 1.85 bits per heavy atom. The number of carbonyl (C=O) groups excluding carboxylic acids is 1. The average molecular weight is 385 g/mol. The lowest BCUT2D eigenvalue weighted by Gasteiger charge is -2.08. The minimum absolute atomic E-state index is 0.189. The second-order valence-corrected chi connectivity index (χ2v) is 5.88. The maximum atomic E-state index is 11.8. The molecule has 0 spiro atoms. The molecule has 1 amide bonds. The van der Waals surface area contributed by atoms with Crippen molar-refractivity contribution in [2.45, 2.75) is 0 Å². The fourth-order valence-corrected chi connectivity index (χ4v) is 2.40. The topological polar surface area (TPSA) is 73.1 Å². The molecule has 0 saturated heterocycles. The number of nitrogens with zero attached hydrogens (tertiary/aromatic N) is 1. The molecule has 7 heteroatoms. The Balaban J connectivity index is 1.51. The van der Waals surface area contributed by atoms with E-state index < -0.39 is 5.91 Å². The number of hydrogen-bond acceptors (Lipinski definition) is 5. The molecule has 0 atom stereocenters. The molecule has 1 N–H and O–H groups in total. The number of amides is 1. The van der Waals surface area contributed by atoms with Gasteiger partial charge >= 0.3 is 0 Å². The molecule has 27 heavy (non-hydrogen) atoms. The van der Waals surface area contributed by atoms with Gasteiger partial charge in [-0.05, 0) is 48.5 Å². The summed E-state index contributed by atoms with van der Waals surface area (Å²) in [5.41, 5.74) is 3.28. The Labute approximate surface area is 161 Å². The SMILES string of the molecule is COc1ccccc1OCC(=O)NN=Cc1ccc(-c2ccc(Cl)cc2)o1. The lowest BCUT2D eigenvalue weighted by atomic mass is 10.2. The Morgan fingerprint density at radius 1 is 1.11 bits per heavy atom. The van der Waals surface area contributed by atoms with E-state index in [4.69, 9.17) is 25.5 Å². The molecule has 138 valence electrons. The minimum Gasteiger partial charge on any atom is -0.493 e. The smallest absolute Gasteiger partial charge is 0.277 e. The first-order valence-corrected chi connectivity index (χ1v) is 8.47. The third-order valence-electron chi connectivity index (χ3n) is 3.56. The summed E-state index contributed by atoms with van der Waals surface area (Å²) in [6.07, 6.45) is 1.42. The Hall–Kier alpha value is -3.25. The summed E-state index contributed by atoms with van der Waals surface area (Å²) in [6.45, 7) is -0.189. The zero-order valence-corrected chi connectivity index (χ0v) is 15.3. The molecule has 3 aromatic rings. The number of ether oxygens (including phenoxy) is 2. The van der Waals surface area contributed by atoms with Crippen molar-refractivity contribution in [3.05, 3.63) is 71.4 Å². The van der Waals surface area contributed by atoms with Crippen LogP contribution in [0.4, 0.5) is 0 Å². The van der Waals surface area contributed by atoms with E-state index in [2.05, 4.69) is 10.5 Å². The number of nitrogens with one attached hydrogen (secondary N) is 1. The van der Waals surface area contributed by atoms with Gasteiger partial charge in [-0.1, -0.05) is 23.7 Å². The quantitative estimate of drug-likeness (QED) is 0.491. The lowest BCUT2D eigenvalue weighted by Crippen LogP contribution is -2.24. The van der Waals surface area contributed by atoms with Gasteiger partial charge in [0, 0.05) is 10.6 Å². The van der Waals surface area contributed by atoms with E-state index in [-0.39, 0.29) is 6.61 Å². The van der Waals surface area contributed by atoms with Gasteiger partial charge in [-0.15, -0.1) is 0 Å². The average Bonchev–Trinajstić information content (AvgIpc) is 3.16. The van der Waals surface area contributed by atoms with Crippen LogP contribution in [0.1, 0.15) is 5.76 Å². The molecule has 0 aliphatic rings. The molecule has 1 aromatic heterocycles. The molecular weight excluding hydrogens is 368 g/mol. The van der Waals surface area contributed by atoms with Crippen LogP contribution in [0.25, 0.3) is 11.3 Å². The number of benzene rings is 2. The highest BCUT2D eigenvalue weighted by molar-refractivity contribution is 6.30. The van der Waals surface area contributed by atoms with Crippen LogP contribution in [-0.4, -0.2) is 25.8 Å². The van der Waals surface area contributed by atoms with Crippen LogP contribution in [0, 0.1) is 0 Å². The first-order valence-electron chi connectivity index (χ1n) is 8.09. The van der Waals surface area contributed by atoms with E-state index in [1.54, 1.807) is 36.4 Å². The summed E-state index contributed by atoms with van der Waals surface area (Å²) in [6, 6.07) is 17.9. The van der Waals surface area contributed by atoms with Crippen molar-refractivity contribution in [3.63, 3.8) is 0 Å². The van der Waals surface area contributed by atoms with Crippen molar-refractivity contribution >= 4 is 23.7 Å². The number of halogens is 1. The van der Waals surface area contributed by atoms with Crippen LogP contribution in [0.15, 0.2) is 70.2 Å². The van der Waals surface area contributed by atoms with Gasteiger partial charge in [-0.3, -0.25) is 4.79 Å². The van der Waals surface area contributed by atoms with Crippen molar-refractivity contribution in [1.82, 2.24) is 5.43 Å². The summed E-state index contributed by atoms with van der Waals surface area (Å²) in [4.78, 5) is 11.8. The van der Waals surface area contributed by atoms with Gasteiger partial charge < -0.3 is 13.9 Å². The van der Waals surface area contributed by atoms with Crippen molar-refractivity contribution in [1.29, 1.82) is 0 Å². The van der Waals surface area contributed by atoms with E-state index in [1.807, 2.05) is 24.3 Å². The van der Waals surface area contributed by atoms with E-state index in [0.29, 0.717) is 28.0 Å². The molecule has 0 aliphatic carbocycles. The third kappa shape index (κ3) is 5.12. The van der Waals surface area contributed by atoms with Crippen molar-refractivity contribution in [3.8, 4) is 22.8 Å². The monoisotopic (exact) mass is 384 g/mol. The van der Waals surface area contributed by atoms with Crippen LogP contribution in [-0.2, 0) is 4.79 Å². The number of hydrogen-bond donors (Lipinski definition) is 1. The summed E-state index contributed by atoms with van der Waals surface area (Å²) < 4.78 is 16.2. The second kappa shape index (κ2) is 8.91. The van der Waals surface area contributed by atoms with Gasteiger partial charge in [0.25, 0.3) is 5.91 Å². The predicted molar refractivity (Wildman–Crippen MR) is 103 cm³/mol. The van der Waals surface area contributed by atoms with Gasteiger partial charge in [0.2, 0.25) is 0 Å².